The van der Waals surface area contributed by atoms with Crippen LogP contribution in [-0.4, -0.2) is 85.1 Å². The highest BCUT2D eigenvalue weighted by Gasteiger charge is 2.26. The van der Waals surface area contributed by atoms with Crippen LogP contribution in [0.3, 0.4) is 0 Å². The Kier molecular flexibility index (Phi) is 5.78. The summed E-state index contributed by atoms with van der Waals surface area (Å²) in [7, 11) is 0. The van der Waals surface area contributed by atoms with Crippen molar-refractivity contribution in [3.8, 4) is 0 Å². The number of nitrogens with zero attached hydrogens (tertiary/aromatic N) is 4. The van der Waals surface area contributed by atoms with Crippen molar-refractivity contribution in [3.63, 3.8) is 0 Å². The van der Waals surface area contributed by atoms with E-state index < -0.39 is 0 Å². The van der Waals surface area contributed by atoms with Crippen molar-refractivity contribution in [1.29, 1.82) is 0 Å². The summed E-state index contributed by atoms with van der Waals surface area (Å²) in [6.45, 7) is 13.9. The second-order valence-corrected chi connectivity index (χ2v) is 6.32. The van der Waals surface area contributed by atoms with Gasteiger partial charge in [0.2, 0.25) is 0 Å². The zero-order valence-corrected chi connectivity index (χ0v) is 13.7. The van der Waals surface area contributed by atoms with Crippen LogP contribution in [0, 0.1) is 0 Å². The maximum atomic E-state index is 4.19. The van der Waals surface area contributed by atoms with Crippen LogP contribution in [0.5, 0.6) is 0 Å². The predicted molar refractivity (Wildman–Crippen MR) is 90.0 cm³/mol. The molecule has 5 nitrogen and oxygen atoms in total. The molecule has 22 heavy (non-hydrogen) atoms. The highest BCUT2D eigenvalue weighted by molar-refractivity contribution is 5.16. The molecule has 2 aliphatic heterocycles. The van der Waals surface area contributed by atoms with Crippen LogP contribution in [0.2, 0.25) is 0 Å². The average molecular weight is 303 g/mol. The molecule has 2 aliphatic rings. The van der Waals surface area contributed by atoms with E-state index in [0.29, 0.717) is 6.04 Å². The Morgan fingerprint density at radius 1 is 1.00 bits per heavy atom. The third-order valence-electron chi connectivity index (χ3n) is 5.03. The van der Waals surface area contributed by atoms with E-state index in [4.69, 9.17) is 0 Å². The van der Waals surface area contributed by atoms with E-state index in [2.05, 4.69) is 44.1 Å². The lowest BCUT2D eigenvalue weighted by Gasteiger charge is -2.40. The fourth-order valence-corrected chi connectivity index (χ4v) is 3.54. The summed E-state index contributed by atoms with van der Waals surface area (Å²) in [4.78, 5) is 12.0. The Balaban J connectivity index is 1.66. The molecule has 0 saturated carbocycles. The molecule has 0 radical (unpaired) electrons. The van der Waals surface area contributed by atoms with Gasteiger partial charge < -0.3 is 10.2 Å². The first-order chi connectivity index (χ1) is 10.9. The summed E-state index contributed by atoms with van der Waals surface area (Å²) in [5.41, 5.74) is 1.41. The van der Waals surface area contributed by atoms with E-state index in [1.807, 2.05) is 12.4 Å². The number of hydrogen-bond acceptors (Lipinski definition) is 5. The van der Waals surface area contributed by atoms with Crippen LogP contribution < -0.4 is 5.32 Å². The van der Waals surface area contributed by atoms with Crippen LogP contribution in [-0.2, 0) is 0 Å². The molecule has 3 heterocycles. The highest BCUT2D eigenvalue weighted by atomic mass is 15.3. The number of pyridine rings is 1. The van der Waals surface area contributed by atoms with Gasteiger partial charge in [0.25, 0.3) is 0 Å². The van der Waals surface area contributed by atoms with Gasteiger partial charge in [0.1, 0.15) is 0 Å². The molecular formula is C17H29N5. The zero-order chi connectivity index (χ0) is 15.2. The molecule has 0 aromatic carbocycles. The molecule has 1 N–H and O–H groups in total. The molecule has 2 saturated heterocycles. The Morgan fingerprint density at radius 3 is 2.27 bits per heavy atom. The molecule has 1 aromatic rings. The second kappa shape index (κ2) is 8.02. The van der Waals surface area contributed by atoms with Crippen LogP contribution in [0.1, 0.15) is 18.5 Å². The van der Waals surface area contributed by atoms with Crippen molar-refractivity contribution in [2.45, 2.75) is 13.0 Å². The van der Waals surface area contributed by atoms with Crippen LogP contribution in [0.4, 0.5) is 0 Å². The lowest BCUT2D eigenvalue weighted by atomic mass is 10.0. The van der Waals surface area contributed by atoms with Crippen molar-refractivity contribution in [2.24, 2.45) is 0 Å². The lowest BCUT2D eigenvalue weighted by Crippen LogP contribution is -2.51. The molecule has 1 atom stereocenters. The third-order valence-corrected chi connectivity index (χ3v) is 5.03. The average Bonchev–Trinajstić information content (AvgIpc) is 2.62. The fourth-order valence-electron chi connectivity index (χ4n) is 3.54. The summed E-state index contributed by atoms with van der Waals surface area (Å²) in [5.74, 6) is 0. The van der Waals surface area contributed by atoms with E-state index in [1.165, 1.54) is 38.3 Å². The van der Waals surface area contributed by atoms with E-state index in [9.17, 15) is 0 Å². The molecule has 0 spiro atoms. The zero-order valence-electron chi connectivity index (χ0n) is 13.7. The van der Waals surface area contributed by atoms with E-state index in [-0.39, 0.29) is 0 Å². The normalized spacial score (nSPS) is 23.5. The summed E-state index contributed by atoms with van der Waals surface area (Å²) in [6.07, 6.45) is 3.86. The lowest BCUT2D eigenvalue weighted by molar-refractivity contribution is 0.0856. The molecule has 1 unspecified atom stereocenters. The summed E-state index contributed by atoms with van der Waals surface area (Å²) < 4.78 is 0. The summed E-state index contributed by atoms with van der Waals surface area (Å²) in [5, 5.41) is 3.46. The van der Waals surface area contributed by atoms with Crippen molar-refractivity contribution in [2.75, 3.05) is 65.4 Å². The number of nitrogens with one attached hydrogen (secondary N) is 1. The molecule has 1 aromatic heterocycles. The van der Waals surface area contributed by atoms with Gasteiger partial charge in [-0.3, -0.25) is 14.8 Å². The smallest absolute Gasteiger partial charge is 0.0477 e. The Hall–Kier alpha value is -1.01. The number of likely N-dealkylation sites (N-methyl/N-ethyl adjacent to an activating group) is 1. The van der Waals surface area contributed by atoms with Crippen molar-refractivity contribution < 1.29 is 0 Å². The topological polar surface area (TPSA) is 34.6 Å². The molecule has 0 amide bonds. The van der Waals surface area contributed by atoms with Gasteiger partial charge in [0.05, 0.1) is 0 Å². The van der Waals surface area contributed by atoms with Crippen molar-refractivity contribution >= 4 is 0 Å². The van der Waals surface area contributed by atoms with Gasteiger partial charge in [-0.1, -0.05) is 6.92 Å². The van der Waals surface area contributed by atoms with E-state index in [1.54, 1.807) is 0 Å². The van der Waals surface area contributed by atoms with Crippen LogP contribution in [0.15, 0.2) is 24.5 Å². The molecule has 0 bridgehead atoms. The number of aromatic nitrogens is 1. The maximum Gasteiger partial charge on any atom is 0.0477 e. The molecule has 5 heteroatoms. The second-order valence-electron chi connectivity index (χ2n) is 6.32. The predicted octanol–water partition coefficient (Wildman–Crippen LogP) is 0.665. The van der Waals surface area contributed by atoms with Crippen LogP contribution in [0.25, 0.3) is 0 Å². The van der Waals surface area contributed by atoms with Gasteiger partial charge in [0, 0.05) is 77.3 Å². The highest BCUT2D eigenvalue weighted by Crippen LogP contribution is 2.22. The first-order valence-corrected chi connectivity index (χ1v) is 8.66. The minimum atomic E-state index is 0.498. The number of rotatable bonds is 5. The standard InChI is InChI=1S/C17H29N5/c1-2-20-11-13-21(14-12-20)15-17(16-3-5-18-6-4-16)22-9-7-19-8-10-22/h3-6,17,19H,2,7-15H2,1H3. The quantitative estimate of drug-likeness (QED) is 0.865. The van der Waals surface area contributed by atoms with Gasteiger partial charge in [-0.2, -0.15) is 0 Å². The molecule has 2 fully saturated rings. The Morgan fingerprint density at radius 2 is 1.64 bits per heavy atom. The number of hydrogen-bond donors (Lipinski definition) is 1. The number of piperazine rings is 2. The third kappa shape index (κ3) is 4.04. The van der Waals surface area contributed by atoms with Crippen molar-refractivity contribution in [3.05, 3.63) is 30.1 Å². The molecular weight excluding hydrogens is 274 g/mol. The van der Waals surface area contributed by atoms with E-state index >= 15 is 0 Å². The Labute approximate surface area is 134 Å². The summed E-state index contributed by atoms with van der Waals surface area (Å²) in [6, 6.07) is 4.88. The van der Waals surface area contributed by atoms with Gasteiger partial charge in [-0.05, 0) is 24.2 Å². The molecule has 3 rings (SSSR count). The fraction of sp³-hybridized carbons (Fsp3) is 0.706. The monoisotopic (exact) mass is 303 g/mol. The van der Waals surface area contributed by atoms with Gasteiger partial charge in [0.15, 0.2) is 0 Å². The molecule has 122 valence electrons. The van der Waals surface area contributed by atoms with Gasteiger partial charge in [-0.25, -0.2) is 0 Å². The first kappa shape index (κ1) is 15.9. The van der Waals surface area contributed by atoms with Crippen molar-refractivity contribution in [1.82, 2.24) is 25.0 Å². The van der Waals surface area contributed by atoms with Gasteiger partial charge in [-0.15, -0.1) is 0 Å². The van der Waals surface area contributed by atoms with Gasteiger partial charge >= 0.3 is 0 Å². The Bertz CT molecular complexity index is 424. The van der Waals surface area contributed by atoms with E-state index in [0.717, 1.165) is 32.7 Å². The minimum Gasteiger partial charge on any atom is -0.314 e. The summed E-state index contributed by atoms with van der Waals surface area (Å²) >= 11 is 0. The van der Waals surface area contributed by atoms with Crippen LogP contribution >= 0.6 is 0 Å². The maximum absolute atomic E-state index is 4.19. The largest absolute Gasteiger partial charge is 0.314 e. The first-order valence-electron chi connectivity index (χ1n) is 8.66. The SMILES string of the molecule is CCN1CCN(CC(c2ccncc2)N2CCNCC2)CC1. The minimum absolute atomic E-state index is 0.498. The molecule has 0 aliphatic carbocycles.